The molecular formula is C85H126N8OS. The van der Waals surface area contributed by atoms with E-state index in [1.54, 1.807) is 0 Å². The van der Waals surface area contributed by atoms with Crippen LogP contribution in [0.4, 0.5) is 0 Å². The molecule has 0 unspecified atom stereocenters. The molecule has 2 aliphatic rings. The fraction of sp³-hybridized carbons (Fsp3) is 0.647. The third kappa shape index (κ3) is 20.4. The number of hydrogen-bond acceptors (Lipinski definition) is 8. The van der Waals surface area contributed by atoms with Crippen LogP contribution in [0, 0.1) is 6.92 Å². The van der Waals surface area contributed by atoms with Crippen molar-refractivity contribution in [2.24, 2.45) is 0 Å². The molecule has 518 valence electrons. The van der Waals surface area contributed by atoms with Gasteiger partial charge in [0.05, 0.1) is 0 Å². The Morgan fingerprint density at radius 3 is 0.821 bits per heavy atom. The van der Waals surface area contributed by atoms with Crippen LogP contribution in [-0.2, 0) is 44.9 Å². The highest BCUT2D eigenvalue weighted by molar-refractivity contribution is 7.13. The number of aliphatic hydroxyl groups excluding tert-OH is 1. The number of rotatable bonds is 48. The Hall–Kier alpha value is -5.32. The first kappa shape index (κ1) is 73.9. The number of aromatic amines is 2. The molecule has 0 saturated carbocycles. The SMILES string of the molecule is CCCCCCCCc1ccc(CCCCCCCC)c2c1-c1nc-2nc2[nH]c(nc3nc(nc4[nH]c(n1)c1c(CCCCCCCC)ccc(CCCCCCCC)c41)-c1c(C)sc(CCCCCCO)c1-3)c1c(CCCCCCCC)ccc(CCCCCCCC)c21. The summed E-state index contributed by atoms with van der Waals surface area (Å²) in [6, 6.07) is 14.8. The van der Waals surface area contributed by atoms with E-state index >= 15 is 0 Å². The van der Waals surface area contributed by atoms with Crippen LogP contribution in [0.15, 0.2) is 36.4 Å². The molecule has 95 heavy (non-hydrogen) atoms. The topological polar surface area (TPSA) is 129 Å². The van der Waals surface area contributed by atoms with E-state index in [-0.39, 0.29) is 6.61 Å². The van der Waals surface area contributed by atoms with Crippen molar-refractivity contribution in [3.05, 3.63) is 79.5 Å². The lowest BCUT2D eigenvalue weighted by atomic mass is 9.91. The predicted molar refractivity (Wildman–Crippen MR) is 410 cm³/mol. The lowest BCUT2D eigenvalue weighted by Gasteiger charge is -2.13. The summed E-state index contributed by atoms with van der Waals surface area (Å²) in [6.07, 6.45) is 55.6. The number of thiophene rings is 1. The molecule has 0 aliphatic carbocycles. The molecule has 9 nitrogen and oxygen atoms in total. The van der Waals surface area contributed by atoms with E-state index in [2.05, 4.69) is 94.8 Å². The normalized spacial score (nSPS) is 12.1. The minimum absolute atomic E-state index is 0.242. The maximum absolute atomic E-state index is 9.78. The average molecular weight is 1310 g/mol. The second kappa shape index (κ2) is 40.5. The number of nitrogens with one attached hydrogen (secondary N) is 2. The molecule has 0 fully saturated rings. The van der Waals surface area contributed by atoms with Gasteiger partial charge in [-0.05, 0) is 137 Å². The summed E-state index contributed by atoms with van der Waals surface area (Å²) in [6.45, 7) is 16.4. The molecule has 0 spiro atoms. The van der Waals surface area contributed by atoms with Crippen molar-refractivity contribution >= 4 is 55.5 Å². The number of hydrogen-bond donors (Lipinski definition) is 3. The molecule has 7 aromatic rings. The molecule has 0 amide bonds. The number of aryl methyl sites for hydroxylation is 8. The number of fused-ring (bicyclic) bond motifs is 20. The number of benzene rings is 3. The van der Waals surface area contributed by atoms with E-state index in [0.29, 0.717) is 0 Å². The Balaban J connectivity index is 1.39. The largest absolute Gasteiger partial charge is 0.396 e. The Morgan fingerprint density at radius 2 is 0.516 bits per heavy atom. The molecule has 0 atom stereocenters. The van der Waals surface area contributed by atoms with E-state index in [1.165, 1.54) is 268 Å². The van der Waals surface area contributed by atoms with Crippen molar-refractivity contribution in [2.45, 2.75) is 350 Å². The van der Waals surface area contributed by atoms with Crippen LogP contribution in [0.5, 0.6) is 0 Å². The van der Waals surface area contributed by atoms with Gasteiger partial charge in [0, 0.05) is 60.2 Å². The molecule has 10 heteroatoms. The summed E-state index contributed by atoms with van der Waals surface area (Å²) >= 11 is 1.91. The minimum atomic E-state index is 0.242. The van der Waals surface area contributed by atoms with Crippen molar-refractivity contribution in [2.75, 3.05) is 6.61 Å². The van der Waals surface area contributed by atoms with Crippen molar-refractivity contribution in [3.63, 3.8) is 0 Å². The zero-order valence-corrected chi connectivity index (χ0v) is 61.8. The highest BCUT2D eigenvalue weighted by Gasteiger charge is 2.31. The first-order valence-corrected chi connectivity index (χ1v) is 40.7. The minimum Gasteiger partial charge on any atom is -0.396 e. The van der Waals surface area contributed by atoms with Crippen LogP contribution in [0.2, 0.25) is 0 Å². The van der Waals surface area contributed by atoms with Crippen LogP contribution in [0.3, 0.4) is 0 Å². The third-order valence-corrected chi connectivity index (χ3v) is 22.2. The van der Waals surface area contributed by atoms with Gasteiger partial charge in [0.2, 0.25) is 0 Å². The third-order valence-electron chi connectivity index (χ3n) is 21.0. The number of H-pyrrole nitrogens is 2. The molecule has 0 saturated heterocycles. The summed E-state index contributed by atoms with van der Waals surface area (Å²) in [5.41, 5.74) is 16.1. The number of nitrogens with zero attached hydrogens (tertiary/aromatic N) is 6. The van der Waals surface area contributed by atoms with Gasteiger partial charge in [0.15, 0.2) is 23.3 Å². The summed E-state index contributed by atoms with van der Waals surface area (Å²) < 4.78 is 0. The van der Waals surface area contributed by atoms with Gasteiger partial charge in [-0.15, -0.1) is 11.3 Å². The lowest BCUT2D eigenvalue weighted by Crippen LogP contribution is -1.98. The quantitative estimate of drug-likeness (QED) is 0.0324. The predicted octanol–water partition coefficient (Wildman–Crippen LogP) is 25.8. The standard InChI is InChI=1S/C85H126N8OS/c1-8-14-20-26-32-40-48-63-55-56-64(49-41-33-27-21-15-9-2)72-71(63)79-86-78-70-62(7)95-69(54-46-38-39-47-61-94)77(70)85(87-78)93-84-76-68(53-45-37-31-25-19-13-6)60-59-67(52-44-36-30-24-18-12-5)75(76)83(92-84)91-82-74-66(51-43-35-29-23-17-11-4)58-57-65(50-42-34-28-22-16-10-3)73(74)81(90-82)89-80(72)88-79/h55-60,94H,8-54,61H2,1-7H3,(H2,86,87,88,89,90,91,92,93). The highest BCUT2D eigenvalue weighted by Crippen LogP contribution is 2.47. The molecule has 4 aromatic heterocycles. The molecule has 3 N–H and O–H groups in total. The van der Waals surface area contributed by atoms with Gasteiger partial charge >= 0.3 is 0 Å². The molecule has 0 radical (unpaired) electrons. The first-order valence-electron chi connectivity index (χ1n) is 39.9. The van der Waals surface area contributed by atoms with Gasteiger partial charge in [-0.3, -0.25) is 0 Å². The zero-order chi connectivity index (χ0) is 66.4. The fourth-order valence-corrected chi connectivity index (χ4v) is 16.7. The van der Waals surface area contributed by atoms with E-state index in [1.807, 2.05) is 11.3 Å². The van der Waals surface area contributed by atoms with Crippen molar-refractivity contribution in [1.82, 2.24) is 39.9 Å². The van der Waals surface area contributed by atoms with E-state index in [0.717, 1.165) is 166 Å². The maximum atomic E-state index is 9.78. The van der Waals surface area contributed by atoms with E-state index in [4.69, 9.17) is 29.9 Å². The van der Waals surface area contributed by atoms with Crippen LogP contribution in [0.1, 0.15) is 342 Å². The first-order chi connectivity index (χ1) is 46.8. The Kier molecular flexibility index (Phi) is 31.5. The lowest BCUT2D eigenvalue weighted by molar-refractivity contribution is 0.282. The fourth-order valence-electron chi connectivity index (χ4n) is 15.5. The summed E-state index contributed by atoms with van der Waals surface area (Å²) in [5.74, 6) is 3.05. The second-order valence-electron chi connectivity index (χ2n) is 28.8. The summed E-state index contributed by atoms with van der Waals surface area (Å²) in [4.78, 5) is 46.3. The van der Waals surface area contributed by atoms with Gasteiger partial charge in [-0.25, -0.2) is 29.9 Å². The Bertz CT molecular complexity index is 3620. The number of aliphatic hydroxyl groups is 1. The van der Waals surface area contributed by atoms with E-state index in [9.17, 15) is 5.11 Å². The number of aromatic nitrogens is 8. The smallest absolute Gasteiger partial charge is 0.165 e. The zero-order valence-electron chi connectivity index (χ0n) is 60.9. The van der Waals surface area contributed by atoms with Crippen molar-refractivity contribution in [1.29, 1.82) is 0 Å². The molecule has 8 bridgehead atoms. The Morgan fingerprint density at radius 1 is 0.274 bits per heavy atom. The molecule has 6 heterocycles. The second-order valence-corrected chi connectivity index (χ2v) is 30.1. The van der Waals surface area contributed by atoms with Crippen molar-refractivity contribution in [3.8, 4) is 45.6 Å². The van der Waals surface area contributed by atoms with Crippen LogP contribution >= 0.6 is 11.3 Å². The monoisotopic (exact) mass is 1310 g/mol. The molecule has 3 aromatic carbocycles. The van der Waals surface area contributed by atoms with Crippen LogP contribution in [-0.4, -0.2) is 51.6 Å². The van der Waals surface area contributed by atoms with E-state index < -0.39 is 0 Å². The van der Waals surface area contributed by atoms with Gasteiger partial charge in [-0.1, -0.05) is 283 Å². The molecule has 9 rings (SSSR count). The van der Waals surface area contributed by atoms with Gasteiger partial charge < -0.3 is 15.1 Å². The average Bonchev–Trinajstić information content (AvgIpc) is 1.59. The van der Waals surface area contributed by atoms with Crippen LogP contribution < -0.4 is 0 Å². The van der Waals surface area contributed by atoms with Gasteiger partial charge in [0.25, 0.3) is 0 Å². The van der Waals surface area contributed by atoms with Gasteiger partial charge in [-0.2, -0.15) is 0 Å². The number of unbranched alkanes of at least 4 members (excludes halogenated alkanes) is 33. The molecular weight excluding hydrogens is 1180 g/mol. The van der Waals surface area contributed by atoms with Crippen molar-refractivity contribution < 1.29 is 5.11 Å². The van der Waals surface area contributed by atoms with Crippen LogP contribution in [0.25, 0.3) is 89.7 Å². The summed E-state index contributed by atoms with van der Waals surface area (Å²) in [5, 5.41) is 14.6. The van der Waals surface area contributed by atoms with Gasteiger partial charge in [0.1, 0.15) is 22.6 Å². The summed E-state index contributed by atoms with van der Waals surface area (Å²) in [7, 11) is 0. The highest BCUT2D eigenvalue weighted by atomic mass is 32.1. The Labute approximate surface area is 579 Å². The molecule has 2 aliphatic heterocycles. The maximum Gasteiger partial charge on any atom is 0.165 e.